The van der Waals surface area contributed by atoms with Crippen molar-refractivity contribution in [3.8, 4) is 5.75 Å². The molecule has 0 saturated carbocycles. The Morgan fingerprint density at radius 1 is 1.15 bits per heavy atom. The van der Waals surface area contributed by atoms with Crippen LogP contribution in [0.1, 0.15) is 63.9 Å². The Morgan fingerprint density at radius 2 is 2.00 bits per heavy atom. The first kappa shape index (κ1) is 22.9. The van der Waals surface area contributed by atoms with Crippen molar-refractivity contribution in [1.29, 1.82) is 0 Å². The molecule has 1 fully saturated rings. The minimum Gasteiger partial charge on any atom is -0.497 e. The van der Waals surface area contributed by atoms with Gasteiger partial charge in [-0.15, -0.1) is 0 Å². The van der Waals surface area contributed by atoms with Crippen LogP contribution in [0.5, 0.6) is 5.75 Å². The highest BCUT2D eigenvalue weighted by molar-refractivity contribution is 5.94. The molecular weight excluding hydrogens is 412 g/mol. The maximum Gasteiger partial charge on any atom is 0.254 e. The zero-order valence-corrected chi connectivity index (χ0v) is 19.7. The highest BCUT2D eigenvalue weighted by Gasteiger charge is 2.27. The van der Waals surface area contributed by atoms with Crippen molar-refractivity contribution in [2.24, 2.45) is 0 Å². The molecule has 172 valence electrons. The third kappa shape index (κ3) is 5.57. The number of amides is 1. The predicted octanol–water partition coefficient (Wildman–Crippen LogP) is 4.76. The molecule has 1 aliphatic rings. The van der Waals surface area contributed by atoms with Crippen LogP contribution in [0.3, 0.4) is 0 Å². The topological polar surface area (TPSA) is 67.3 Å². The largest absolute Gasteiger partial charge is 0.497 e. The van der Waals surface area contributed by atoms with E-state index in [2.05, 4.69) is 46.4 Å². The van der Waals surface area contributed by atoms with Crippen LogP contribution in [0.4, 0.5) is 0 Å². The number of carbonyl (C=O) groups is 1. The molecule has 6 nitrogen and oxygen atoms in total. The molecule has 0 bridgehead atoms. The molecule has 6 heteroatoms. The SMILES string of the molecule is COc1cccc(CNC(=O)c2cnc(C3CCCCN3Cc3ccccc3C)nc2C)c1. The molecule has 33 heavy (non-hydrogen) atoms. The van der Waals surface area contributed by atoms with Crippen LogP contribution in [0, 0.1) is 13.8 Å². The fraction of sp³-hybridized carbons (Fsp3) is 0.370. The van der Waals surface area contributed by atoms with Crippen molar-refractivity contribution >= 4 is 5.91 Å². The molecular formula is C27H32N4O2. The minimum absolute atomic E-state index is 0.165. The highest BCUT2D eigenvalue weighted by Crippen LogP contribution is 2.31. The number of carbonyl (C=O) groups excluding carboxylic acids is 1. The normalized spacial score (nSPS) is 16.4. The number of nitrogens with zero attached hydrogens (tertiary/aromatic N) is 3. The molecule has 4 rings (SSSR count). The molecule has 1 aliphatic heterocycles. The summed E-state index contributed by atoms with van der Waals surface area (Å²) in [5, 5.41) is 2.97. The molecule has 1 atom stereocenters. The number of methoxy groups -OCH3 is 1. The Morgan fingerprint density at radius 3 is 2.79 bits per heavy atom. The van der Waals surface area contributed by atoms with Crippen molar-refractivity contribution in [3.05, 3.63) is 88.5 Å². The van der Waals surface area contributed by atoms with Crippen LogP contribution in [-0.4, -0.2) is 34.4 Å². The van der Waals surface area contributed by atoms with Crippen LogP contribution in [0.15, 0.2) is 54.7 Å². The number of benzene rings is 2. The molecule has 1 unspecified atom stereocenters. The summed E-state index contributed by atoms with van der Waals surface area (Å²) in [4.78, 5) is 24.7. The number of ether oxygens (including phenoxy) is 1. The number of nitrogens with one attached hydrogen (secondary N) is 1. The zero-order chi connectivity index (χ0) is 23.2. The number of aromatic nitrogens is 2. The zero-order valence-electron chi connectivity index (χ0n) is 19.7. The summed E-state index contributed by atoms with van der Waals surface area (Å²) >= 11 is 0. The van der Waals surface area contributed by atoms with Gasteiger partial charge in [0, 0.05) is 19.3 Å². The second kappa shape index (κ2) is 10.6. The Labute approximate surface area is 196 Å². The minimum atomic E-state index is -0.165. The monoisotopic (exact) mass is 444 g/mol. The summed E-state index contributed by atoms with van der Waals surface area (Å²) in [6.45, 7) is 6.39. The number of hydrogen-bond acceptors (Lipinski definition) is 5. The fourth-order valence-electron chi connectivity index (χ4n) is 4.41. The second-order valence-electron chi connectivity index (χ2n) is 8.67. The Bertz CT molecular complexity index is 1110. The number of piperidine rings is 1. The average Bonchev–Trinajstić information content (AvgIpc) is 2.84. The molecule has 1 aromatic heterocycles. The third-order valence-corrected chi connectivity index (χ3v) is 6.38. The number of rotatable bonds is 7. The molecule has 0 aliphatic carbocycles. The number of aryl methyl sites for hydroxylation is 2. The van der Waals surface area contributed by atoms with E-state index in [1.165, 1.54) is 24.0 Å². The van der Waals surface area contributed by atoms with Crippen molar-refractivity contribution in [2.75, 3.05) is 13.7 Å². The van der Waals surface area contributed by atoms with Gasteiger partial charge < -0.3 is 10.1 Å². The molecule has 1 N–H and O–H groups in total. The summed E-state index contributed by atoms with van der Waals surface area (Å²) in [5.41, 5.74) is 4.86. The molecule has 1 saturated heterocycles. The van der Waals surface area contributed by atoms with Gasteiger partial charge in [-0.1, -0.05) is 42.8 Å². The van der Waals surface area contributed by atoms with Crippen molar-refractivity contribution in [2.45, 2.75) is 52.2 Å². The van der Waals surface area contributed by atoms with Gasteiger partial charge in [-0.05, 0) is 62.1 Å². The van der Waals surface area contributed by atoms with Crippen LogP contribution >= 0.6 is 0 Å². The first-order chi connectivity index (χ1) is 16.0. The van der Waals surface area contributed by atoms with Crippen molar-refractivity contribution in [1.82, 2.24) is 20.2 Å². The molecule has 2 heterocycles. The van der Waals surface area contributed by atoms with Gasteiger partial charge in [0.15, 0.2) is 0 Å². The van der Waals surface area contributed by atoms with Gasteiger partial charge in [0.2, 0.25) is 0 Å². The van der Waals surface area contributed by atoms with Crippen LogP contribution in [-0.2, 0) is 13.1 Å². The lowest BCUT2D eigenvalue weighted by Gasteiger charge is -2.35. The fourth-order valence-corrected chi connectivity index (χ4v) is 4.41. The molecule has 2 aromatic carbocycles. The van der Waals surface area contributed by atoms with E-state index in [0.717, 1.165) is 36.6 Å². The van der Waals surface area contributed by atoms with Crippen molar-refractivity contribution < 1.29 is 9.53 Å². The van der Waals surface area contributed by atoms with Crippen LogP contribution in [0.25, 0.3) is 0 Å². The molecule has 3 aromatic rings. The van der Waals surface area contributed by atoms with Gasteiger partial charge in [-0.3, -0.25) is 9.69 Å². The summed E-state index contributed by atoms with van der Waals surface area (Å²) in [5.74, 6) is 1.42. The van der Waals surface area contributed by atoms with Gasteiger partial charge in [0.25, 0.3) is 5.91 Å². The molecule has 0 radical (unpaired) electrons. The maximum absolute atomic E-state index is 12.8. The average molecular weight is 445 g/mol. The summed E-state index contributed by atoms with van der Waals surface area (Å²) in [6, 6.07) is 16.4. The summed E-state index contributed by atoms with van der Waals surface area (Å²) in [6.07, 6.45) is 5.07. The van der Waals surface area contributed by atoms with Gasteiger partial charge in [-0.2, -0.15) is 0 Å². The van der Waals surface area contributed by atoms with E-state index in [9.17, 15) is 4.79 Å². The number of hydrogen-bond donors (Lipinski definition) is 1. The van der Waals surface area contributed by atoms with E-state index >= 15 is 0 Å². The van der Waals surface area contributed by atoms with E-state index in [-0.39, 0.29) is 11.9 Å². The Balaban J connectivity index is 1.46. The lowest BCUT2D eigenvalue weighted by atomic mass is 9.99. The maximum atomic E-state index is 12.8. The summed E-state index contributed by atoms with van der Waals surface area (Å²) < 4.78 is 5.25. The molecule has 0 spiro atoms. The van der Waals surface area contributed by atoms with E-state index in [1.54, 1.807) is 13.3 Å². The third-order valence-electron chi connectivity index (χ3n) is 6.38. The smallest absolute Gasteiger partial charge is 0.254 e. The van der Waals surface area contributed by atoms with E-state index < -0.39 is 0 Å². The second-order valence-corrected chi connectivity index (χ2v) is 8.67. The Kier molecular flexibility index (Phi) is 7.35. The van der Waals surface area contributed by atoms with Crippen LogP contribution < -0.4 is 10.1 Å². The van der Waals surface area contributed by atoms with E-state index in [0.29, 0.717) is 17.8 Å². The number of likely N-dealkylation sites (tertiary alicyclic amines) is 1. The van der Waals surface area contributed by atoms with E-state index in [1.807, 2.05) is 31.2 Å². The lowest BCUT2D eigenvalue weighted by molar-refractivity contribution is 0.0948. The lowest BCUT2D eigenvalue weighted by Crippen LogP contribution is -2.34. The first-order valence-electron chi connectivity index (χ1n) is 11.6. The van der Waals surface area contributed by atoms with Crippen molar-refractivity contribution in [3.63, 3.8) is 0 Å². The standard InChI is InChI=1S/C27H32N4O2/c1-19-9-4-5-11-22(19)18-31-14-7-6-13-25(31)26-28-17-24(20(2)30-26)27(32)29-16-21-10-8-12-23(15-21)33-3/h4-5,8-12,15,17,25H,6-7,13-14,16,18H2,1-3H3,(H,29,32). The Hall–Kier alpha value is -3.25. The quantitative estimate of drug-likeness (QED) is 0.569. The van der Waals surface area contributed by atoms with Gasteiger partial charge >= 0.3 is 0 Å². The van der Waals surface area contributed by atoms with Gasteiger partial charge in [0.05, 0.1) is 24.4 Å². The molecule has 1 amide bonds. The predicted molar refractivity (Wildman–Crippen MR) is 129 cm³/mol. The first-order valence-corrected chi connectivity index (χ1v) is 11.6. The van der Waals surface area contributed by atoms with Gasteiger partial charge in [-0.25, -0.2) is 9.97 Å². The highest BCUT2D eigenvalue weighted by atomic mass is 16.5. The van der Waals surface area contributed by atoms with Gasteiger partial charge in [0.1, 0.15) is 11.6 Å². The van der Waals surface area contributed by atoms with E-state index in [4.69, 9.17) is 9.72 Å². The summed E-state index contributed by atoms with van der Waals surface area (Å²) in [7, 11) is 1.63. The van der Waals surface area contributed by atoms with Crippen LogP contribution in [0.2, 0.25) is 0 Å².